The van der Waals surface area contributed by atoms with Crippen molar-refractivity contribution in [2.75, 3.05) is 5.73 Å². The van der Waals surface area contributed by atoms with Crippen molar-refractivity contribution >= 4 is 29.2 Å². The summed E-state index contributed by atoms with van der Waals surface area (Å²) in [6, 6.07) is 10.2. The zero-order chi connectivity index (χ0) is 16.0. The van der Waals surface area contributed by atoms with Gasteiger partial charge in [-0.25, -0.2) is 4.98 Å². The number of nitriles is 1. The van der Waals surface area contributed by atoms with Gasteiger partial charge in [0.05, 0.1) is 11.1 Å². The molecule has 1 aliphatic carbocycles. The second-order valence-electron chi connectivity index (χ2n) is 6.12. The first-order valence-corrected chi connectivity index (χ1v) is 7.90. The summed E-state index contributed by atoms with van der Waals surface area (Å²) < 4.78 is 5.95. The number of hydrogen-bond acceptors (Lipinski definition) is 4. The van der Waals surface area contributed by atoms with E-state index in [1.807, 2.05) is 31.2 Å². The minimum absolute atomic E-state index is 0. The van der Waals surface area contributed by atoms with Gasteiger partial charge in [0.1, 0.15) is 11.6 Å². The molecule has 0 spiro atoms. The molecule has 0 aliphatic heterocycles. The maximum Gasteiger partial charge on any atom is 0.230 e. The zero-order valence-corrected chi connectivity index (χ0v) is 14.2. The first-order valence-electron chi connectivity index (χ1n) is 7.90. The molecule has 0 atom stereocenters. The van der Waals surface area contributed by atoms with Crippen LogP contribution in [-0.2, 0) is 12.8 Å². The van der Waals surface area contributed by atoms with Crippen LogP contribution in [0.5, 0.6) is 0 Å². The van der Waals surface area contributed by atoms with Gasteiger partial charge in [0.25, 0.3) is 0 Å². The molecule has 0 fully saturated rings. The van der Waals surface area contributed by atoms with Crippen molar-refractivity contribution < 1.29 is 4.42 Å². The summed E-state index contributed by atoms with van der Waals surface area (Å²) in [4.78, 5) is 4.65. The number of nitrogens with zero attached hydrogens (tertiary/aromatic N) is 2. The van der Waals surface area contributed by atoms with Crippen molar-refractivity contribution in [3.63, 3.8) is 0 Å². The van der Waals surface area contributed by atoms with Gasteiger partial charge in [0, 0.05) is 11.3 Å². The van der Waals surface area contributed by atoms with E-state index in [0.717, 1.165) is 48.1 Å². The third kappa shape index (κ3) is 2.42. The number of halogens is 1. The van der Waals surface area contributed by atoms with E-state index >= 15 is 0 Å². The molecule has 1 aromatic carbocycles. The Morgan fingerprint density at radius 3 is 2.58 bits per heavy atom. The number of nitrogen functional groups attached to an aromatic ring is 1. The highest BCUT2D eigenvalue weighted by atomic mass is 35.5. The monoisotopic (exact) mass is 339 g/mol. The molecule has 2 heterocycles. The highest BCUT2D eigenvalue weighted by Gasteiger charge is 2.24. The van der Waals surface area contributed by atoms with E-state index < -0.39 is 0 Å². The largest absolute Gasteiger partial charge is 0.436 e. The molecule has 2 aromatic heterocycles. The summed E-state index contributed by atoms with van der Waals surface area (Å²) >= 11 is 0. The normalized spacial score (nSPS) is 13.2. The van der Waals surface area contributed by atoms with Gasteiger partial charge < -0.3 is 10.2 Å². The molecule has 3 aromatic rings. The zero-order valence-electron chi connectivity index (χ0n) is 13.4. The molecule has 1 aliphatic rings. The summed E-state index contributed by atoms with van der Waals surface area (Å²) in [5, 5.41) is 10.3. The fraction of sp³-hybridized carbons (Fsp3) is 0.263. The van der Waals surface area contributed by atoms with Crippen LogP contribution in [0.2, 0.25) is 0 Å². The van der Waals surface area contributed by atoms with Gasteiger partial charge in [-0.2, -0.15) is 5.26 Å². The number of nitrogens with two attached hydrogens (primary N) is 1. The van der Waals surface area contributed by atoms with Crippen molar-refractivity contribution in [1.82, 2.24) is 4.98 Å². The van der Waals surface area contributed by atoms with Crippen LogP contribution in [-0.4, -0.2) is 4.98 Å². The Morgan fingerprint density at radius 1 is 1.17 bits per heavy atom. The van der Waals surface area contributed by atoms with Crippen LogP contribution in [0.15, 0.2) is 28.7 Å². The predicted octanol–water partition coefficient (Wildman–Crippen LogP) is 4.56. The lowest BCUT2D eigenvalue weighted by Gasteiger charge is -2.16. The van der Waals surface area contributed by atoms with E-state index in [2.05, 4.69) is 11.1 Å². The highest BCUT2D eigenvalue weighted by Crippen LogP contribution is 2.39. The number of pyridine rings is 1. The van der Waals surface area contributed by atoms with Crippen LogP contribution >= 0.6 is 12.4 Å². The van der Waals surface area contributed by atoms with Crippen LogP contribution < -0.4 is 5.73 Å². The average Bonchev–Trinajstić information content (AvgIpc) is 2.94. The maximum atomic E-state index is 9.66. The van der Waals surface area contributed by atoms with Crippen molar-refractivity contribution in [2.45, 2.75) is 32.6 Å². The van der Waals surface area contributed by atoms with Crippen LogP contribution in [0.25, 0.3) is 22.4 Å². The standard InChI is InChI=1S/C19H17N3O.ClH/c1-11-6-8-12(9-7-11)18-14(10-20)16-17(21)13-4-2-3-5-15(13)22-19(16)23-18;/h6-9H,2-5H2,1H3,(H2,21,22);1H. The van der Waals surface area contributed by atoms with E-state index in [-0.39, 0.29) is 12.4 Å². The lowest BCUT2D eigenvalue weighted by molar-refractivity contribution is 0.607. The molecule has 2 N–H and O–H groups in total. The first-order chi connectivity index (χ1) is 11.2. The molecule has 0 unspecified atom stereocenters. The number of rotatable bonds is 1. The van der Waals surface area contributed by atoms with Crippen LogP contribution in [0.4, 0.5) is 5.69 Å². The van der Waals surface area contributed by atoms with Crippen LogP contribution in [0.3, 0.4) is 0 Å². The van der Waals surface area contributed by atoms with Gasteiger partial charge >= 0.3 is 0 Å². The Labute approximate surface area is 146 Å². The van der Waals surface area contributed by atoms with Crippen LogP contribution in [0.1, 0.15) is 35.2 Å². The van der Waals surface area contributed by atoms with Crippen molar-refractivity contribution in [3.8, 4) is 17.4 Å². The highest BCUT2D eigenvalue weighted by molar-refractivity contribution is 5.98. The molecule has 4 nitrogen and oxygen atoms in total. The second-order valence-corrected chi connectivity index (χ2v) is 6.12. The molecule has 0 radical (unpaired) electrons. The molecular formula is C19H18ClN3O. The van der Waals surface area contributed by atoms with E-state index in [1.54, 1.807) is 0 Å². The minimum atomic E-state index is 0. The molecular weight excluding hydrogens is 322 g/mol. The second kappa shape index (κ2) is 6.18. The minimum Gasteiger partial charge on any atom is -0.436 e. The van der Waals surface area contributed by atoms with Gasteiger partial charge in [-0.15, -0.1) is 12.4 Å². The molecule has 0 bridgehead atoms. The first kappa shape index (κ1) is 16.4. The SMILES string of the molecule is Cc1ccc(-c2oc3nc4c(c(N)c3c2C#N)CCCC4)cc1.Cl. The summed E-state index contributed by atoms with van der Waals surface area (Å²) in [5.74, 6) is 0.559. The average molecular weight is 340 g/mol. The van der Waals surface area contributed by atoms with Gasteiger partial charge in [0.15, 0.2) is 5.76 Å². The Balaban J connectivity index is 0.00000169. The molecule has 0 saturated carbocycles. The molecule has 4 rings (SSSR count). The Kier molecular flexibility index (Phi) is 4.21. The van der Waals surface area contributed by atoms with E-state index in [0.29, 0.717) is 28.1 Å². The fourth-order valence-corrected chi connectivity index (χ4v) is 3.34. The number of aryl methyl sites for hydroxylation is 2. The molecule has 0 saturated heterocycles. The molecule has 122 valence electrons. The summed E-state index contributed by atoms with van der Waals surface area (Å²) in [6.07, 6.45) is 4.11. The number of aromatic nitrogens is 1. The third-order valence-corrected chi connectivity index (χ3v) is 4.58. The summed E-state index contributed by atoms with van der Waals surface area (Å²) in [5.41, 5.74) is 12.2. The smallest absolute Gasteiger partial charge is 0.230 e. The van der Waals surface area contributed by atoms with E-state index in [1.165, 1.54) is 0 Å². The van der Waals surface area contributed by atoms with Crippen molar-refractivity contribution in [2.24, 2.45) is 0 Å². The molecule has 0 amide bonds. The van der Waals surface area contributed by atoms with Crippen molar-refractivity contribution in [3.05, 3.63) is 46.6 Å². The summed E-state index contributed by atoms with van der Waals surface area (Å²) in [6.45, 7) is 2.03. The number of fused-ring (bicyclic) bond motifs is 2. The maximum absolute atomic E-state index is 9.66. The number of hydrogen-bond donors (Lipinski definition) is 1. The number of benzene rings is 1. The number of anilines is 1. The van der Waals surface area contributed by atoms with Gasteiger partial charge in [0.2, 0.25) is 5.71 Å². The molecule has 5 heteroatoms. The topological polar surface area (TPSA) is 75.8 Å². The summed E-state index contributed by atoms with van der Waals surface area (Å²) in [7, 11) is 0. The molecule has 24 heavy (non-hydrogen) atoms. The Bertz CT molecular complexity index is 952. The van der Waals surface area contributed by atoms with E-state index in [4.69, 9.17) is 10.2 Å². The Hall–Kier alpha value is -2.51. The van der Waals surface area contributed by atoms with Crippen LogP contribution in [0, 0.1) is 18.3 Å². The van der Waals surface area contributed by atoms with E-state index in [9.17, 15) is 5.26 Å². The number of furan rings is 1. The quantitative estimate of drug-likeness (QED) is 0.705. The predicted molar refractivity (Wildman–Crippen MR) is 97.2 cm³/mol. The van der Waals surface area contributed by atoms with Crippen molar-refractivity contribution in [1.29, 1.82) is 5.26 Å². The van der Waals surface area contributed by atoms with Gasteiger partial charge in [-0.3, -0.25) is 0 Å². The Morgan fingerprint density at radius 2 is 1.88 bits per heavy atom. The lowest BCUT2D eigenvalue weighted by Crippen LogP contribution is -2.09. The lowest BCUT2D eigenvalue weighted by atomic mass is 9.93. The van der Waals surface area contributed by atoms with Gasteiger partial charge in [-0.05, 0) is 38.2 Å². The third-order valence-electron chi connectivity index (χ3n) is 4.58. The van der Waals surface area contributed by atoms with Gasteiger partial charge in [-0.1, -0.05) is 29.8 Å². The fourth-order valence-electron chi connectivity index (χ4n) is 3.34.